The fourth-order valence-corrected chi connectivity index (χ4v) is 3.09. The third-order valence-electron chi connectivity index (χ3n) is 3.69. The summed E-state index contributed by atoms with van der Waals surface area (Å²) in [5.41, 5.74) is 0.638. The number of carbonyl (C=O) groups excluding carboxylic acids is 1. The Morgan fingerprint density at radius 3 is 3.09 bits per heavy atom. The zero-order valence-corrected chi connectivity index (χ0v) is 12.8. The van der Waals surface area contributed by atoms with Crippen LogP contribution in [-0.4, -0.2) is 24.2 Å². The first-order valence-corrected chi connectivity index (χ1v) is 8.04. The van der Waals surface area contributed by atoms with Crippen LogP contribution < -0.4 is 10.1 Å². The van der Waals surface area contributed by atoms with Crippen LogP contribution in [0, 0.1) is 0 Å². The van der Waals surface area contributed by atoms with Crippen molar-refractivity contribution in [2.75, 3.05) is 13.2 Å². The summed E-state index contributed by atoms with van der Waals surface area (Å²) in [4.78, 5) is 11.9. The Kier molecular flexibility index (Phi) is 4.27. The van der Waals surface area contributed by atoms with E-state index in [0.717, 1.165) is 11.1 Å². The molecule has 1 aliphatic heterocycles. The minimum Gasteiger partial charge on any atom is -0.493 e. The molecule has 1 unspecified atom stereocenters. The molecule has 0 bridgehead atoms. The fourth-order valence-electron chi connectivity index (χ4n) is 2.46. The van der Waals surface area contributed by atoms with E-state index in [2.05, 4.69) is 5.32 Å². The Bertz CT molecular complexity index is 681. The molecule has 1 aliphatic rings. The largest absolute Gasteiger partial charge is 0.493 e. The zero-order chi connectivity index (χ0) is 15.4. The Balaban J connectivity index is 1.65. The summed E-state index contributed by atoms with van der Waals surface area (Å²) in [5, 5.41) is 17.5. The van der Waals surface area contributed by atoms with Gasteiger partial charge in [0, 0.05) is 18.1 Å². The van der Waals surface area contributed by atoms with Crippen LogP contribution in [0.25, 0.3) is 6.08 Å². The van der Waals surface area contributed by atoms with Gasteiger partial charge in [-0.1, -0.05) is 18.2 Å². The monoisotopic (exact) mass is 315 g/mol. The number of amides is 1. The molecule has 0 radical (unpaired) electrons. The van der Waals surface area contributed by atoms with Crippen molar-refractivity contribution in [1.29, 1.82) is 0 Å². The van der Waals surface area contributed by atoms with Crippen molar-refractivity contribution < 1.29 is 14.6 Å². The van der Waals surface area contributed by atoms with E-state index in [1.54, 1.807) is 17.4 Å². The molecule has 1 aromatic heterocycles. The number of hydrogen-bond acceptors (Lipinski definition) is 4. The van der Waals surface area contributed by atoms with Crippen molar-refractivity contribution in [1.82, 2.24) is 5.32 Å². The van der Waals surface area contributed by atoms with E-state index in [1.807, 2.05) is 41.1 Å². The molecule has 0 spiro atoms. The van der Waals surface area contributed by atoms with Gasteiger partial charge in [0.1, 0.15) is 11.4 Å². The van der Waals surface area contributed by atoms with E-state index >= 15 is 0 Å². The molecule has 4 nitrogen and oxygen atoms in total. The van der Waals surface area contributed by atoms with Gasteiger partial charge in [-0.05, 0) is 34.5 Å². The van der Waals surface area contributed by atoms with Gasteiger partial charge in [0.2, 0.25) is 5.91 Å². The van der Waals surface area contributed by atoms with Crippen molar-refractivity contribution in [2.45, 2.75) is 12.0 Å². The highest BCUT2D eigenvalue weighted by Gasteiger charge is 2.35. The fraction of sp³-hybridized carbons (Fsp3) is 0.235. The summed E-state index contributed by atoms with van der Waals surface area (Å²) < 4.78 is 5.54. The highest BCUT2D eigenvalue weighted by molar-refractivity contribution is 7.08. The molecule has 2 heterocycles. The first-order chi connectivity index (χ1) is 10.7. The molecule has 1 aromatic carbocycles. The van der Waals surface area contributed by atoms with Crippen LogP contribution in [0.15, 0.2) is 47.2 Å². The standard InChI is InChI=1S/C17H17NO3S/c19-16(6-5-13-7-10-22-11-13)18-12-17(20)8-9-21-15-4-2-1-3-14(15)17/h1-7,10-11,20H,8-9,12H2,(H,18,19). The molecular formula is C17H17NO3S. The zero-order valence-electron chi connectivity index (χ0n) is 12.0. The van der Waals surface area contributed by atoms with Gasteiger partial charge < -0.3 is 15.2 Å². The minimum absolute atomic E-state index is 0.167. The van der Waals surface area contributed by atoms with Crippen LogP contribution in [0.4, 0.5) is 0 Å². The maximum Gasteiger partial charge on any atom is 0.244 e. The van der Waals surface area contributed by atoms with Gasteiger partial charge >= 0.3 is 0 Å². The number of hydrogen-bond donors (Lipinski definition) is 2. The highest BCUT2D eigenvalue weighted by Crippen LogP contribution is 2.36. The Labute approximate surface area is 133 Å². The Morgan fingerprint density at radius 1 is 1.41 bits per heavy atom. The molecule has 1 amide bonds. The molecule has 114 valence electrons. The van der Waals surface area contributed by atoms with E-state index in [9.17, 15) is 9.90 Å². The van der Waals surface area contributed by atoms with Crippen molar-refractivity contribution in [3.63, 3.8) is 0 Å². The van der Waals surface area contributed by atoms with E-state index < -0.39 is 5.60 Å². The number of carbonyl (C=O) groups is 1. The number of benzene rings is 1. The van der Waals surface area contributed by atoms with Crippen LogP contribution in [0.2, 0.25) is 0 Å². The van der Waals surface area contributed by atoms with E-state index in [4.69, 9.17) is 4.74 Å². The van der Waals surface area contributed by atoms with E-state index in [1.165, 1.54) is 6.08 Å². The second-order valence-corrected chi connectivity index (χ2v) is 6.01. The van der Waals surface area contributed by atoms with Gasteiger partial charge in [-0.25, -0.2) is 0 Å². The maximum absolute atomic E-state index is 11.9. The molecule has 5 heteroatoms. The van der Waals surface area contributed by atoms with Crippen molar-refractivity contribution in [3.05, 3.63) is 58.3 Å². The molecule has 0 saturated carbocycles. The average Bonchev–Trinajstić information content (AvgIpc) is 3.05. The molecule has 3 rings (SSSR count). The molecular weight excluding hydrogens is 298 g/mol. The quantitative estimate of drug-likeness (QED) is 0.853. The summed E-state index contributed by atoms with van der Waals surface area (Å²) in [6, 6.07) is 9.33. The lowest BCUT2D eigenvalue weighted by atomic mass is 9.88. The predicted octanol–water partition coefficient (Wildman–Crippen LogP) is 2.55. The molecule has 0 aliphatic carbocycles. The Hall–Kier alpha value is -2.11. The first kappa shape index (κ1) is 14.8. The molecule has 2 aromatic rings. The second-order valence-electron chi connectivity index (χ2n) is 5.23. The van der Waals surface area contributed by atoms with Gasteiger partial charge in [0.25, 0.3) is 0 Å². The number of rotatable bonds is 4. The number of thiophene rings is 1. The number of fused-ring (bicyclic) bond motifs is 1. The maximum atomic E-state index is 11.9. The van der Waals surface area contributed by atoms with Crippen LogP contribution in [-0.2, 0) is 10.4 Å². The van der Waals surface area contributed by atoms with Crippen molar-refractivity contribution in [2.24, 2.45) is 0 Å². The molecule has 0 fully saturated rings. The van der Waals surface area contributed by atoms with Gasteiger partial charge in [-0.2, -0.15) is 11.3 Å². The topological polar surface area (TPSA) is 58.6 Å². The summed E-state index contributed by atoms with van der Waals surface area (Å²) in [6.45, 7) is 0.605. The normalized spacial score (nSPS) is 20.4. The van der Waals surface area contributed by atoms with Crippen molar-refractivity contribution >= 4 is 23.3 Å². The molecule has 1 atom stereocenters. The third kappa shape index (κ3) is 3.21. The first-order valence-electron chi connectivity index (χ1n) is 7.10. The number of nitrogens with one attached hydrogen (secondary N) is 1. The van der Waals surface area contributed by atoms with E-state index in [0.29, 0.717) is 18.8 Å². The predicted molar refractivity (Wildman–Crippen MR) is 86.8 cm³/mol. The highest BCUT2D eigenvalue weighted by atomic mass is 32.1. The number of ether oxygens (including phenoxy) is 1. The molecule has 22 heavy (non-hydrogen) atoms. The lowest BCUT2D eigenvalue weighted by Crippen LogP contribution is -2.43. The molecule has 2 N–H and O–H groups in total. The summed E-state index contributed by atoms with van der Waals surface area (Å²) >= 11 is 1.58. The van der Waals surface area contributed by atoms with Crippen LogP contribution in [0.3, 0.4) is 0 Å². The second kappa shape index (κ2) is 6.34. The van der Waals surface area contributed by atoms with Crippen LogP contribution in [0.1, 0.15) is 17.5 Å². The SMILES string of the molecule is O=C(C=Cc1ccsc1)NCC1(O)CCOc2ccccc21. The van der Waals surface area contributed by atoms with Gasteiger partial charge in [-0.15, -0.1) is 0 Å². The van der Waals surface area contributed by atoms with Gasteiger partial charge in [-0.3, -0.25) is 4.79 Å². The van der Waals surface area contributed by atoms with Crippen molar-refractivity contribution in [3.8, 4) is 5.75 Å². The lowest BCUT2D eigenvalue weighted by Gasteiger charge is -2.34. The van der Waals surface area contributed by atoms with E-state index in [-0.39, 0.29) is 12.5 Å². The minimum atomic E-state index is -1.08. The third-order valence-corrected chi connectivity index (χ3v) is 4.39. The summed E-state index contributed by atoms with van der Waals surface area (Å²) in [7, 11) is 0. The summed E-state index contributed by atoms with van der Waals surface area (Å²) in [6.07, 6.45) is 3.70. The number of aliphatic hydroxyl groups is 1. The van der Waals surface area contributed by atoms with Crippen LogP contribution in [0.5, 0.6) is 5.75 Å². The number of para-hydroxylation sites is 1. The smallest absolute Gasteiger partial charge is 0.244 e. The molecule has 0 saturated heterocycles. The Morgan fingerprint density at radius 2 is 2.27 bits per heavy atom. The van der Waals surface area contributed by atoms with Crippen LogP contribution >= 0.6 is 11.3 Å². The average molecular weight is 315 g/mol. The van der Waals surface area contributed by atoms with Gasteiger partial charge in [0.15, 0.2) is 0 Å². The summed E-state index contributed by atoms with van der Waals surface area (Å²) in [5.74, 6) is 0.461. The lowest BCUT2D eigenvalue weighted by molar-refractivity contribution is -0.118. The van der Waals surface area contributed by atoms with Gasteiger partial charge in [0.05, 0.1) is 13.2 Å².